The number of nitrogens with one attached hydrogen (secondary N) is 2. The van der Waals surface area contributed by atoms with Crippen molar-refractivity contribution in [2.45, 2.75) is 19.4 Å². The van der Waals surface area contributed by atoms with Gasteiger partial charge in [-0.1, -0.05) is 35.9 Å². The molecule has 2 aromatic rings. The molecule has 0 unspecified atom stereocenters. The highest BCUT2D eigenvalue weighted by molar-refractivity contribution is 8.18. The zero-order valence-electron chi connectivity index (χ0n) is 15.4. The smallest absolute Gasteiger partial charge is 0.290 e. The maximum absolute atomic E-state index is 11.9. The first-order valence-corrected chi connectivity index (χ1v) is 10.2. The van der Waals surface area contributed by atoms with Crippen LogP contribution in [0.4, 0.5) is 4.79 Å². The van der Waals surface area contributed by atoms with Crippen LogP contribution in [0.2, 0.25) is 5.02 Å². The second-order valence-electron chi connectivity index (χ2n) is 6.28. The van der Waals surface area contributed by atoms with Gasteiger partial charge in [0.05, 0.1) is 11.5 Å². The van der Waals surface area contributed by atoms with Gasteiger partial charge in [-0.3, -0.25) is 19.7 Å². The molecular formula is C21H19ClN2O4S. The van der Waals surface area contributed by atoms with Crippen LogP contribution in [-0.4, -0.2) is 23.7 Å². The fraction of sp³-hybridized carbons (Fsp3) is 0.190. The summed E-state index contributed by atoms with van der Waals surface area (Å²) >= 11 is 6.72. The van der Waals surface area contributed by atoms with Crippen molar-refractivity contribution in [2.75, 3.05) is 6.61 Å². The van der Waals surface area contributed by atoms with Gasteiger partial charge in [-0.15, -0.1) is 0 Å². The number of hydrogen-bond donors (Lipinski definition) is 2. The molecule has 150 valence electrons. The van der Waals surface area contributed by atoms with Gasteiger partial charge in [-0.25, -0.2) is 0 Å². The molecule has 1 aliphatic rings. The van der Waals surface area contributed by atoms with Crippen molar-refractivity contribution in [1.82, 2.24) is 10.6 Å². The van der Waals surface area contributed by atoms with Crippen LogP contribution in [0, 0.1) is 0 Å². The lowest BCUT2D eigenvalue weighted by molar-refractivity contribution is -0.121. The average Bonchev–Trinajstić information content (AvgIpc) is 3.03. The van der Waals surface area contributed by atoms with Crippen LogP contribution in [0.15, 0.2) is 53.4 Å². The van der Waals surface area contributed by atoms with E-state index in [0.29, 0.717) is 41.7 Å². The number of imide groups is 1. The SMILES string of the molecule is O=C(CCCOc1ccc(/C=C2\SC(=O)NC2=O)cc1)NCc1ccc(Cl)cc1. The Balaban J connectivity index is 1.36. The lowest BCUT2D eigenvalue weighted by Gasteiger charge is -2.08. The summed E-state index contributed by atoms with van der Waals surface area (Å²) in [5.74, 6) is 0.260. The summed E-state index contributed by atoms with van der Waals surface area (Å²) in [6, 6.07) is 14.5. The maximum atomic E-state index is 11.9. The van der Waals surface area contributed by atoms with Gasteiger partial charge in [0, 0.05) is 18.0 Å². The van der Waals surface area contributed by atoms with E-state index in [1.165, 1.54) is 0 Å². The number of hydrogen-bond acceptors (Lipinski definition) is 5. The highest BCUT2D eigenvalue weighted by Crippen LogP contribution is 2.26. The van der Waals surface area contributed by atoms with E-state index in [4.69, 9.17) is 16.3 Å². The summed E-state index contributed by atoms with van der Waals surface area (Å²) < 4.78 is 5.64. The highest BCUT2D eigenvalue weighted by atomic mass is 35.5. The Morgan fingerprint density at radius 3 is 2.48 bits per heavy atom. The summed E-state index contributed by atoms with van der Waals surface area (Å²) in [7, 11) is 0. The number of thioether (sulfide) groups is 1. The Kier molecular flexibility index (Phi) is 7.32. The van der Waals surface area contributed by atoms with Crippen molar-refractivity contribution >= 4 is 46.5 Å². The lowest BCUT2D eigenvalue weighted by Crippen LogP contribution is -2.22. The van der Waals surface area contributed by atoms with E-state index in [0.717, 1.165) is 22.9 Å². The molecule has 1 saturated heterocycles. The first-order chi connectivity index (χ1) is 14.0. The molecule has 0 atom stereocenters. The largest absolute Gasteiger partial charge is 0.494 e. The molecule has 29 heavy (non-hydrogen) atoms. The normalized spacial score (nSPS) is 14.7. The Labute approximate surface area is 177 Å². The van der Waals surface area contributed by atoms with Crippen LogP contribution in [-0.2, 0) is 16.1 Å². The van der Waals surface area contributed by atoms with E-state index in [1.807, 2.05) is 12.1 Å². The molecule has 0 spiro atoms. The molecule has 8 heteroatoms. The summed E-state index contributed by atoms with van der Waals surface area (Å²) in [5.41, 5.74) is 1.79. The zero-order chi connectivity index (χ0) is 20.6. The molecule has 0 aromatic heterocycles. The molecule has 2 aromatic carbocycles. The number of halogens is 1. The zero-order valence-corrected chi connectivity index (χ0v) is 17.0. The van der Waals surface area contributed by atoms with E-state index >= 15 is 0 Å². The molecule has 2 N–H and O–H groups in total. The number of rotatable bonds is 8. The second-order valence-corrected chi connectivity index (χ2v) is 7.73. The van der Waals surface area contributed by atoms with Crippen molar-refractivity contribution in [3.05, 3.63) is 69.6 Å². The van der Waals surface area contributed by atoms with Gasteiger partial charge in [0.15, 0.2) is 0 Å². The summed E-state index contributed by atoms with van der Waals surface area (Å²) in [5, 5.41) is 5.38. The molecule has 3 rings (SSSR count). The highest BCUT2D eigenvalue weighted by Gasteiger charge is 2.24. The van der Waals surface area contributed by atoms with Gasteiger partial charge in [0.1, 0.15) is 5.75 Å². The quantitative estimate of drug-likeness (QED) is 0.485. The van der Waals surface area contributed by atoms with Gasteiger partial charge >= 0.3 is 0 Å². The van der Waals surface area contributed by atoms with E-state index in [1.54, 1.807) is 42.5 Å². The van der Waals surface area contributed by atoms with Gasteiger partial charge < -0.3 is 10.1 Å². The van der Waals surface area contributed by atoms with Crippen molar-refractivity contribution < 1.29 is 19.1 Å². The Hall–Kier alpha value is -2.77. The van der Waals surface area contributed by atoms with Crippen LogP contribution in [0.1, 0.15) is 24.0 Å². The minimum atomic E-state index is -0.380. The molecule has 1 aliphatic heterocycles. The lowest BCUT2D eigenvalue weighted by atomic mass is 10.2. The molecular weight excluding hydrogens is 412 g/mol. The fourth-order valence-electron chi connectivity index (χ4n) is 2.55. The van der Waals surface area contributed by atoms with Crippen LogP contribution in [0.25, 0.3) is 6.08 Å². The molecule has 0 aliphatic carbocycles. The summed E-state index contributed by atoms with van der Waals surface area (Å²) in [4.78, 5) is 35.0. The molecule has 0 bridgehead atoms. The van der Waals surface area contributed by atoms with Crippen molar-refractivity contribution in [2.24, 2.45) is 0 Å². The Bertz CT molecular complexity index is 927. The minimum absolute atomic E-state index is 0.0348. The average molecular weight is 431 g/mol. The van der Waals surface area contributed by atoms with E-state index < -0.39 is 0 Å². The first kappa shape index (κ1) is 21.0. The molecule has 1 fully saturated rings. The number of ether oxygens (including phenoxy) is 1. The fourth-order valence-corrected chi connectivity index (χ4v) is 3.35. The Morgan fingerprint density at radius 1 is 1.10 bits per heavy atom. The molecule has 0 saturated carbocycles. The van der Waals surface area contributed by atoms with Crippen molar-refractivity contribution in [3.8, 4) is 5.75 Å². The topological polar surface area (TPSA) is 84.5 Å². The second kappa shape index (κ2) is 10.1. The van der Waals surface area contributed by atoms with Crippen molar-refractivity contribution in [1.29, 1.82) is 0 Å². The van der Waals surface area contributed by atoms with Crippen LogP contribution < -0.4 is 15.4 Å². The third-order valence-electron chi connectivity index (χ3n) is 4.04. The minimum Gasteiger partial charge on any atom is -0.494 e. The first-order valence-electron chi connectivity index (χ1n) is 8.98. The van der Waals surface area contributed by atoms with Crippen molar-refractivity contribution in [3.63, 3.8) is 0 Å². The van der Waals surface area contributed by atoms with Gasteiger partial charge in [-0.2, -0.15) is 0 Å². The van der Waals surface area contributed by atoms with E-state index in [2.05, 4.69) is 10.6 Å². The number of benzene rings is 2. The number of carbonyl (C=O) groups excluding carboxylic acids is 3. The summed E-state index contributed by atoms with van der Waals surface area (Å²) in [6.45, 7) is 0.886. The van der Waals surface area contributed by atoms with Crippen LogP contribution in [0.5, 0.6) is 5.75 Å². The van der Waals surface area contributed by atoms with Gasteiger partial charge in [-0.05, 0) is 59.7 Å². The van der Waals surface area contributed by atoms with E-state index in [9.17, 15) is 14.4 Å². The number of amides is 3. The molecule has 1 heterocycles. The molecule has 6 nitrogen and oxygen atoms in total. The number of carbonyl (C=O) groups is 3. The predicted molar refractivity (Wildman–Crippen MR) is 114 cm³/mol. The van der Waals surface area contributed by atoms with Crippen LogP contribution >= 0.6 is 23.4 Å². The third-order valence-corrected chi connectivity index (χ3v) is 5.10. The molecule has 3 amide bonds. The predicted octanol–water partition coefficient (Wildman–Crippen LogP) is 4.14. The van der Waals surface area contributed by atoms with Gasteiger partial charge in [0.2, 0.25) is 5.91 Å². The maximum Gasteiger partial charge on any atom is 0.290 e. The third kappa shape index (κ3) is 6.66. The van der Waals surface area contributed by atoms with Crippen LogP contribution in [0.3, 0.4) is 0 Å². The monoisotopic (exact) mass is 430 g/mol. The molecule has 0 radical (unpaired) electrons. The van der Waals surface area contributed by atoms with Gasteiger partial charge in [0.25, 0.3) is 11.1 Å². The van der Waals surface area contributed by atoms with E-state index in [-0.39, 0.29) is 17.1 Å². The Morgan fingerprint density at radius 2 is 1.83 bits per heavy atom. The standard InChI is InChI=1S/C21H19ClN2O4S/c22-16-7-3-15(4-8-16)13-23-19(25)2-1-11-28-17-9-5-14(6-10-17)12-18-20(26)24-21(27)29-18/h3-10,12H,1-2,11,13H2,(H,23,25)(H,24,26,27)/b18-12-. The summed E-state index contributed by atoms with van der Waals surface area (Å²) in [6.07, 6.45) is 2.62.